The highest BCUT2D eigenvalue weighted by molar-refractivity contribution is 5.11. The Morgan fingerprint density at radius 2 is 0.435 bits per heavy atom. The van der Waals surface area contributed by atoms with Crippen LogP contribution in [0.1, 0.15) is 271 Å². The Morgan fingerprint density at radius 1 is 0.235 bits per heavy atom. The Kier molecular flexibility index (Phi) is 76.1. The zero-order valence-corrected chi connectivity index (χ0v) is 60.9. The number of ether oxygens (including phenoxy) is 4. The van der Waals surface area contributed by atoms with Gasteiger partial charge < -0.3 is 18.9 Å². The van der Waals surface area contributed by atoms with Gasteiger partial charge in [0.15, 0.2) is 0 Å². The first kappa shape index (κ1) is 90.5. The number of hydrogen-bond acceptors (Lipinski definition) is 4. The van der Waals surface area contributed by atoms with Gasteiger partial charge in [0.2, 0.25) is 0 Å². The molecular formula is C81H148O4. The fourth-order valence-electron chi connectivity index (χ4n) is 11.1. The van der Waals surface area contributed by atoms with Crippen LogP contribution in [0.25, 0.3) is 0 Å². The summed E-state index contributed by atoms with van der Waals surface area (Å²) in [6.45, 7) is 41.2. The molecule has 4 aromatic carbocycles. The number of rotatable bonds is 4. The van der Waals surface area contributed by atoms with Crippen LogP contribution in [0.4, 0.5) is 0 Å². The van der Waals surface area contributed by atoms with Crippen molar-refractivity contribution in [2.24, 2.45) is 47.3 Å². The molecule has 0 saturated heterocycles. The van der Waals surface area contributed by atoms with E-state index in [-0.39, 0.29) is 0 Å². The Bertz CT molecular complexity index is 1480. The SMILES string of the molecule is CC.CC.CC.CC.CC.CC1CCCC(C)CC(C)C1.CC1CCCCC(C)C(C)CCC1.COC1CCCC(OC)CC(C)C1.COC1CCCC(OC)CC(C)C1.Cc1ccccc1.c1ccccc1.c1ccccc1.c1ccccc1. The van der Waals surface area contributed by atoms with Gasteiger partial charge in [0.05, 0.1) is 24.4 Å². The standard InChI is InChI=1S/C13H26.2C11H22O2.C11H22.C7H8.3C6H6.5C2H6/c1-11-7-4-5-9-12(2)13(3)10-6-8-11;2*1-9-7-10(12-2)5-4-6-11(8-9)13-3;1-9-5-4-6-10(2)8-11(3)7-9;1-7-5-3-2-4-6-7;3*1-2-4-6-5-3-1;5*1-2/h11-13H,4-10H2,1-3H3;2*9-11H,4-8H2,1-3H3;9-11H,4-8H2,1-3H3;2-6H,1H3;3*1-6H;5*1-2H3. The smallest absolute Gasteiger partial charge is 0.0574 e. The Hall–Kier alpha value is -3.28. The average molecular weight is 1190 g/mol. The summed E-state index contributed by atoms with van der Waals surface area (Å²) in [6, 6.07) is 46.3. The van der Waals surface area contributed by atoms with Gasteiger partial charge in [-0.2, -0.15) is 0 Å². The number of benzene rings is 4. The monoisotopic (exact) mass is 1190 g/mol. The highest BCUT2D eigenvalue weighted by Crippen LogP contribution is 2.30. The van der Waals surface area contributed by atoms with Gasteiger partial charge in [0.25, 0.3) is 0 Å². The van der Waals surface area contributed by atoms with E-state index in [1.165, 1.54) is 147 Å². The molecule has 0 bridgehead atoms. The molecule has 9 atom stereocenters. The zero-order valence-electron chi connectivity index (χ0n) is 60.9. The topological polar surface area (TPSA) is 36.9 Å². The molecule has 0 radical (unpaired) electrons. The van der Waals surface area contributed by atoms with Crippen molar-refractivity contribution in [3.05, 3.63) is 145 Å². The zero-order chi connectivity index (χ0) is 65.2. The minimum absolute atomic E-state index is 0.479. The van der Waals surface area contributed by atoms with Gasteiger partial charge in [-0.1, -0.05) is 334 Å². The maximum absolute atomic E-state index is 5.43. The normalized spacial score (nSPS) is 25.2. The van der Waals surface area contributed by atoms with E-state index < -0.39 is 0 Å². The fraction of sp³-hybridized carbons (Fsp3) is 0.704. The second kappa shape index (κ2) is 71.5. The molecule has 0 aromatic heterocycles. The summed E-state index contributed by atoms with van der Waals surface area (Å²) in [4.78, 5) is 0. The van der Waals surface area contributed by atoms with Gasteiger partial charge in [-0.3, -0.25) is 0 Å². The first-order valence-electron chi connectivity index (χ1n) is 35.4. The molecule has 4 heteroatoms. The van der Waals surface area contributed by atoms with Crippen LogP contribution >= 0.6 is 0 Å². The Balaban J connectivity index is -0.000000285. The quantitative estimate of drug-likeness (QED) is 0.204. The molecule has 0 heterocycles. The van der Waals surface area contributed by atoms with Crippen LogP contribution in [0.15, 0.2) is 140 Å². The number of methoxy groups -OCH3 is 4. The summed E-state index contributed by atoms with van der Waals surface area (Å²) < 4.78 is 21.7. The molecule has 4 saturated carbocycles. The molecule has 4 nitrogen and oxygen atoms in total. The van der Waals surface area contributed by atoms with Gasteiger partial charge in [0.1, 0.15) is 0 Å². The molecule has 0 aliphatic heterocycles. The third-order valence-electron chi connectivity index (χ3n) is 16.0. The maximum atomic E-state index is 5.43. The van der Waals surface area contributed by atoms with Crippen molar-refractivity contribution in [3.63, 3.8) is 0 Å². The van der Waals surface area contributed by atoms with Gasteiger partial charge in [-0.25, -0.2) is 0 Å². The lowest BCUT2D eigenvalue weighted by atomic mass is 9.82. The van der Waals surface area contributed by atoms with Crippen molar-refractivity contribution in [1.29, 1.82) is 0 Å². The van der Waals surface area contributed by atoms with E-state index in [9.17, 15) is 0 Å². The molecule has 8 rings (SSSR count). The first-order valence-corrected chi connectivity index (χ1v) is 35.4. The second-order valence-corrected chi connectivity index (χ2v) is 23.6. The first-order chi connectivity index (χ1) is 41.3. The van der Waals surface area contributed by atoms with E-state index in [0.717, 1.165) is 47.3 Å². The van der Waals surface area contributed by atoms with E-state index in [2.05, 4.69) is 74.4 Å². The molecule has 0 N–H and O–H groups in total. The van der Waals surface area contributed by atoms with Crippen LogP contribution in [0.2, 0.25) is 0 Å². The van der Waals surface area contributed by atoms with Crippen molar-refractivity contribution in [2.45, 2.75) is 297 Å². The Morgan fingerprint density at radius 3 is 0.694 bits per heavy atom. The van der Waals surface area contributed by atoms with Crippen LogP contribution in [0.5, 0.6) is 0 Å². The van der Waals surface area contributed by atoms with Crippen LogP contribution in [-0.4, -0.2) is 52.9 Å². The molecule has 4 aliphatic rings. The largest absolute Gasteiger partial charge is 0.381 e. The highest BCUT2D eigenvalue weighted by Gasteiger charge is 2.22. The third-order valence-corrected chi connectivity index (χ3v) is 16.0. The summed E-state index contributed by atoms with van der Waals surface area (Å²) in [5, 5.41) is 0. The van der Waals surface area contributed by atoms with Crippen molar-refractivity contribution in [3.8, 4) is 0 Å². The predicted octanol–water partition coefficient (Wildman–Crippen LogP) is 25.9. The van der Waals surface area contributed by atoms with Crippen molar-refractivity contribution in [1.82, 2.24) is 0 Å². The van der Waals surface area contributed by atoms with Gasteiger partial charge in [0, 0.05) is 28.4 Å². The average Bonchev–Trinajstić information content (AvgIpc) is 3.56. The molecule has 9 unspecified atom stereocenters. The van der Waals surface area contributed by atoms with Crippen LogP contribution in [0, 0.1) is 54.3 Å². The summed E-state index contributed by atoms with van der Waals surface area (Å²) in [5.41, 5.74) is 1.32. The number of hydrogen-bond donors (Lipinski definition) is 0. The number of aryl methyl sites for hydroxylation is 1. The van der Waals surface area contributed by atoms with Gasteiger partial charge >= 0.3 is 0 Å². The maximum Gasteiger partial charge on any atom is 0.0574 e. The molecule has 4 aliphatic carbocycles. The lowest BCUT2D eigenvalue weighted by Crippen LogP contribution is -2.23. The Labute approximate surface area is 534 Å². The summed E-state index contributed by atoms with van der Waals surface area (Å²) in [7, 11) is 7.30. The van der Waals surface area contributed by atoms with Crippen molar-refractivity contribution < 1.29 is 18.9 Å². The van der Waals surface area contributed by atoms with Crippen LogP contribution < -0.4 is 0 Å². The third kappa shape index (κ3) is 62.1. The molecule has 496 valence electrons. The summed E-state index contributed by atoms with van der Waals surface area (Å²) in [6.07, 6.45) is 31.5. The molecule has 85 heavy (non-hydrogen) atoms. The summed E-state index contributed by atoms with van der Waals surface area (Å²) >= 11 is 0. The molecule has 0 spiro atoms. The second-order valence-electron chi connectivity index (χ2n) is 23.6. The van der Waals surface area contributed by atoms with Gasteiger partial charge in [-0.05, 0) is 131 Å². The fourth-order valence-corrected chi connectivity index (χ4v) is 11.1. The minimum Gasteiger partial charge on any atom is -0.381 e. The highest BCUT2D eigenvalue weighted by atomic mass is 16.5. The lowest BCUT2D eigenvalue weighted by molar-refractivity contribution is 0.0237. The lowest BCUT2D eigenvalue weighted by Gasteiger charge is -2.27. The molecule has 4 fully saturated rings. The van der Waals surface area contributed by atoms with Gasteiger partial charge in [-0.15, -0.1) is 0 Å². The van der Waals surface area contributed by atoms with Crippen molar-refractivity contribution in [2.75, 3.05) is 28.4 Å². The van der Waals surface area contributed by atoms with E-state index in [0.29, 0.717) is 24.4 Å². The van der Waals surface area contributed by atoms with E-state index in [4.69, 9.17) is 18.9 Å². The van der Waals surface area contributed by atoms with Crippen molar-refractivity contribution >= 4 is 0 Å². The molecule has 4 aromatic rings. The van der Waals surface area contributed by atoms with E-state index >= 15 is 0 Å². The minimum atomic E-state index is 0.479. The van der Waals surface area contributed by atoms with Crippen LogP contribution in [0.3, 0.4) is 0 Å². The predicted molar refractivity (Wildman–Crippen MR) is 385 cm³/mol. The summed E-state index contributed by atoms with van der Waals surface area (Å²) in [5.74, 6) is 7.32. The molecular weight excluding hydrogens is 1040 g/mol. The molecule has 0 amide bonds. The van der Waals surface area contributed by atoms with E-state index in [1.54, 1.807) is 0 Å². The van der Waals surface area contributed by atoms with E-state index in [1.807, 2.05) is 225 Å². The van der Waals surface area contributed by atoms with Crippen LogP contribution in [-0.2, 0) is 18.9 Å².